The van der Waals surface area contributed by atoms with Crippen molar-refractivity contribution in [2.24, 2.45) is 0 Å². The van der Waals surface area contributed by atoms with E-state index in [9.17, 15) is 13.2 Å². The van der Waals surface area contributed by atoms with E-state index in [0.29, 0.717) is 12.5 Å². The lowest BCUT2D eigenvalue weighted by molar-refractivity contribution is -0.130. The molecule has 150 valence electrons. The summed E-state index contributed by atoms with van der Waals surface area (Å²) in [7, 11) is -1.34. The maximum Gasteiger partial charge on any atom is 0.235 e. The maximum atomic E-state index is 12.9. The van der Waals surface area contributed by atoms with Gasteiger partial charge in [0.25, 0.3) is 0 Å². The minimum Gasteiger partial charge on any atom is -0.341 e. The Morgan fingerprint density at radius 2 is 2.11 bits per heavy atom. The van der Waals surface area contributed by atoms with E-state index in [-0.39, 0.29) is 28.7 Å². The zero-order valence-corrected chi connectivity index (χ0v) is 17.5. The number of thioether (sulfide) groups is 1. The fourth-order valence-electron chi connectivity index (χ4n) is 3.47. The van der Waals surface area contributed by atoms with Gasteiger partial charge in [-0.1, -0.05) is 11.8 Å². The SMILES string of the molecule is C[C@H](Sc1nnc(-c2cccnc2)n1C1CC1)C(=O)N(C)[C@H]1CCS(=O)(=O)C1. The molecular weight excluding hydrogens is 398 g/mol. The van der Waals surface area contributed by atoms with Crippen molar-refractivity contribution in [1.29, 1.82) is 0 Å². The fourth-order valence-corrected chi connectivity index (χ4v) is 6.26. The first-order valence-electron chi connectivity index (χ1n) is 9.35. The van der Waals surface area contributed by atoms with Crippen molar-refractivity contribution in [3.63, 3.8) is 0 Å². The molecule has 0 bridgehead atoms. The zero-order valence-electron chi connectivity index (χ0n) is 15.9. The largest absolute Gasteiger partial charge is 0.341 e. The summed E-state index contributed by atoms with van der Waals surface area (Å²) in [6.45, 7) is 1.84. The van der Waals surface area contributed by atoms with Gasteiger partial charge in [0.15, 0.2) is 20.8 Å². The molecule has 3 heterocycles. The van der Waals surface area contributed by atoms with E-state index in [0.717, 1.165) is 29.4 Å². The summed E-state index contributed by atoms with van der Waals surface area (Å²) < 4.78 is 25.5. The van der Waals surface area contributed by atoms with Crippen molar-refractivity contribution < 1.29 is 13.2 Å². The van der Waals surface area contributed by atoms with Gasteiger partial charge in [0, 0.05) is 37.1 Å². The van der Waals surface area contributed by atoms with Crippen LogP contribution in [-0.2, 0) is 14.6 Å². The van der Waals surface area contributed by atoms with E-state index >= 15 is 0 Å². The third kappa shape index (κ3) is 3.93. The number of carbonyl (C=O) groups is 1. The molecule has 2 aliphatic rings. The van der Waals surface area contributed by atoms with E-state index in [4.69, 9.17) is 0 Å². The lowest BCUT2D eigenvalue weighted by Crippen LogP contribution is -2.41. The highest BCUT2D eigenvalue weighted by Gasteiger charge is 2.36. The van der Waals surface area contributed by atoms with Crippen LogP contribution in [0.15, 0.2) is 29.7 Å². The van der Waals surface area contributed by atoms with Gasteiger partial charge in [-0.2, -0.15) is 0 Å². The molecule has 2 fully saturated rings. The zero-order chi connectivity index (χ0) is 19.9. The van der Waals surface area contributed by atoms with Crippen molar-refractivity contribution in [1.82, 2.24) is 24.6 Å². The van der Waals surface area contributed by atoms with Gasteiger partial charge in [-0.15, -0.1) is 10.2 Å². The summed E-state index contributed by atoms with van der Waals surface area (Å²) in [4.78, 5) is 18.6. The predicted octanol–water partition coefficient (Wildman–Crippen LogP) is 1.80. The van der Waals surface area contributed by atoms with Gasteiger partial charge < -0.3 is 4.90 Å². The molecule has 0 spiro atoms. The number of amides is 1. The van der Waals surface area contributed by atoms with Gasteiger partial charge in [-0.25, -0.2) is 8.42 Å². The molecule has 0 radical (unpaired) electrons. The lowest BCUT2D eigenvalue weighted by atomic mass is 10.2. The van der Waals surface area contributed by atoms with Crippen LogP contribution >= 0.6 is 11.8 Å². The smallest absolute Gasteiger partial charge is 0.235 e. The predicted molar refractivity (Wildman–Crippen MR) is 107 cm³/mol. The molecule has 0 unspecified atom stereocenters. The topological polar surface area (TPSA) is 98.1 Å². The Morgan fingerprint density at radius 3 is 2.71 bits per heavy atom. The van der Waals surface area contributed by atoms with Crippen LogP contribution < -0.4 is 0 Å². The monoisotopic (exact) mass is 421 g/mol. The third-order valence-electron chi connectivity index (χ3n) is 5.23. The molecule has 2 atom stereocenters. The van der Waals surface area contributed by atoms with E-state index in [1.807, 2.05) is 19.1 Å². The molecule has 2 aromatic rings. The van der Waals surface area contributed by atoms with Crippen LogP contribution in [0, 0.1) is 0 Å². The van der Waals surface area contributed by atoms with Crippen LogP contribution in [0.4, 0.5) is 0 Å². The van der Waals surface area contributed by atoms with Crippen molar-refractivity contribution in [3.05, 3.63) is 24.5 Å². The Balaban J connectivity index is 1.51. The summed E-state index contributed by atoms with van der Waals surface area (Å²) >= 11 is 1.38. The van der Waals surface area contributed by atoms with Crippen LogP contribution in [0.3, 0.4) is 0 Å². The van der Waals surface area contributed by atoms with Crippen molar-refractivity contribution in [2.45, 2.75) is 48.7 Å². The second kappa shape index (κ2) is 7.47. The van der Waals surface area contributed by atoms with E-state index in [1.54, 1.807) is 24.3 Å². The number of pyridine rings is 1. The van der Waals surface area contributed by atoms with Gasteiger partial charge in [-0.05, 0) is 38.3 Å². The number of hydrogen-bond acceptors (Lipinski definition) is 7. The van der Waals surface area contributed by atoms with Crippen molar-refractivity contribution in [2.75, 3.05) is 18.6 Å². The second-order valence-corrected chi connectivity index (χ2v) is 11.0. The van der Waals surface area contributed by atoms with Crippen LogP contribution in [0.5, 0.6) is 0 Å². The standard InChI is InChI=1S/C18H23N5O3S2/c1-12(17(24)22(2)15-7-9-28(25,26)11-15)27-18-21-20-16(23(18)14-5-6-14)13-4-3-8-19-10-13/h3-4,8,10,12,14-15H,5-7,9,11H2,1-2H3/t12-,15-/m0/s1. The quantitative estimate of drug-likeness (QED) is 0.656. The molecule has 0 N–H and O–H groups in total. The Bertz CT molecular complexity index is 972. The summed E-state index contributed by atoms with van der Waals surface area (Å²) in [6.07, 6.45) is 6.13. The highest BCUT2D eigenvalue weighted by Crippen LogP contribution is 2.41. The Morgan fingerprint density at radius 1 is 1.32 bits per heavy atom. The van der Waals surface area contributed by atoms with Crippen molar-refractivity contribution in [3.8, 4) is 11.4 Å². The number of hydrogen-bond donors (Lipinski definition) is 0. The second-order valence-electron chi connectivity index (χ2n) is 7.42. The van der Waals surface area contributed by atoms with E-state index in [2.05, 4.69) is 19.7 Å². The van der Waals surface area contributed by atoms with Gasteiger partial charge in [0.2, 0.25) is 5.91 Å². The first kappa shape index (κ1) is 19.4. The Hall–Kier alpha value is -1.94. The summed E-state index contributed by atoms with van der Waals surface area (Å²) in [5.74, 6) is 0.894. The normalized spacial score (nSPS) is 22.1. The van der Waals surface area contributed by atoms with Crippen molar-refractivity contribution >= 4 is 27.5 Å². The number of sulfone groups is 1. The van der Waals surface area contributed by atoms with Crippen LogP contribution in [0.25, 0.3) is 11.4 Å². The highest BCUT2D eigenvalue weighted by molar-refractivity contribution is 8.00. The number of rotatable bonds is 6. The van der Waals surface area contributed by atoms with Crippen LogP contribution in [-0.4, -0.2) is 68.8 Å². The lowest BCUT2D eigenvalue weighted by Gasteiger charge is -2.26. The molecule has 0 aromatic carbocycles. The Labute approximate surface area is 168 Å². The van der Waals surface area contributed by atoms with Gasteiger partial charge in [0.1, 0.15) is 0 Å². The molecule has 1 aliphatic heterocycles. The van der Waals surface area contributed by atoms with Gasteiger partial charge >= 0.3 is 0 Å². The molecule has 4 rings (SSSR count). The molecule has 28 heavy (non-hydrogen) atoms. The summed E-state index contributed by atoms with van der Waals surface area (Å²) in [5, 5.41) is 9.03. The minimum absolute atomic E-state index is 0.0516. The number of aromatic nitrogens is 4. The van der Waals surface area contributed by atoms with Gasteiger partial charge in [-0.3, -0.25) is 14.3 Å². The maximum absolute atomic E-state index is 12.9. The first-order valence-corrected chi connectivity index (χ1v) is 12.0. The van der Waals surface area contributed by atoms with Crippen LogP contribution in [0.2, 0.25) is 0 Å². The van der Waals surface area contributed by atoms with Crippen LogP contribution in [0.1, 0.15) is 32.2 Å². The first-order chi connectivity index (χ1) is 13.4. The highest BCUT2D eigenvalue weighted by atomic mass is 32.2. The minimum atomic E-state index is -3.03. The molecule has 1 aliphatic carbocycles. The molecule has 8 nitrogen and oxygen atoms in total. The van der Waals surface area contributed by atoms with Gasteiger partial charge in [0.05, 0.1) is 16.8 Å². The van der Waals surface area contributed by atoms with E-state index < -0.39 is 9.84 Å². The van der Waals surface area contributed by atoms with E-state index in [1.165, 1.54) is 11.8 Å². The molecular formula is C18H23N5O3S2. The Kier molecular flexibility index (Phi) is 5.17. The summed E-state index contributed by atoms with van der Waals surface area (Å²) in [5.41, 5.74) is 0.904. The molecule has 1 saturated carbocycles. The average Bonchev–Trinajstić information content (AvgIpc) is 3.34. The molecule has 2 aromatic heterocycles. The number of nitrogens with zero attached hydrogens (tertiary/aromatic N) is 5. The average molecular weight is 422 g/mol. The number of carbonyl (C=O) groups excluding carboxylic acids is 1. The fraction of sp³-hybridized carbons (Fsp3) is 0.556. The molecule has 1 amide bonds. The molecule has 10 heteroatoms. The molecule has 1 saturated heterocycles. The third-order valence-corrected chi connectivity index (χ3v) is 8.02. The summed E-state index contributed by atoms with van der Waals surface area (Å²) in [6, 6.07) is 3.93.